The highest BCUT2D eigenvalue weighted by molar-refractivity contribution is 6.00. The largest absolute Gasteiger partial charge is 0.478 e. The highest BCUT2D eigenvalue weighted by Gasteiger charge is 2.15. The predicted octanol–water partition coefficient (Wildman–Crippen LogP) is 6.89. The quantitative estimate of drug-likeness (QED) is 0.207. The normalized spacial score (nSPS) is 12.1. The highest BCUT2D eigenvalue weighted by atomic mass is 16.4. The standard InChI is InChI=1S/C31H25N3O2/c1-2-28(23-7-4-3-5-8-23)31(24-13-10-22(11-14-24)12-17-30(35)36)25-15-16-29-26(19-25)20-33-34(29)27-9-6-18-32-21-27/h3-21H,2H2,1H3,(H,35,36)/b17-12+,31-28+. The van der Waals surface area contributed by atoms with E-state index in [4.69, 9.17) is 5.11 Å². The Morgan fingerprint density at radius 1 is 0.889 bits per heavy atom. The average molecular weight is 472 g/mol. The van der Waals surface area contributed by atoms with Gasteiger partial charge in [0.15, 0.2) is 0 Å². The molecule has 5 aromatic rings. The van der Waals surface area contributed by atoms with Gasteiger partial charge in [-0.15, -0.1) is 0 Å². The lowest BCUT2D eigenvalue weighted by Crippen LogP contribution is -1.97. The number of aromatic nitrogens is 3. The monoisotopic (exact) mass is 471 g/mol. The zero-order chi connectivity index (χ0) is 24.9. The molecule has 0 aliphatic rings. The van der Waals surface area contributed by atoms with Crippen LogP contribution < -0.4 is 0 Å². The van der Waals surface area contributed by atoms with Crippen molar-refractivity contribution in [3.63, 3.8) is 0 Å². The molecule has 1 N–H and O–H groups in total. The maximum absolute atomic E-state index is 10.9. The number of rotatable bonds is 7. The molecule has 5 rings (SSSR count). The fourth-order valence-electron chi connectivity index (χ4n) is 4.48. The number of benzene rings is 3. The molecular weight excluding hydrogens is 446 g/mol. The number of hydrogen-bond donors (Lipinski definition) is 1. The van der Waals surface area contributed by atoms with Crippen molar-refractivity contribution >= 4 is 34.1 Å². The Morgan fingerprint density at radius 2 is 1.67 bits per heavy atom. The minimum Gasteiger partial charge on any atom is -0.478 e. The first kappa shape index (κ1) is 23.0. The van der Waals surface area contributed by atoms with Gasteiger partial charge >= 0.3 is 5.97 Å². The number of carboxylic acids is 1. The van der Waals surface area contributed by atoms with E-state index in [1.165, 1.54) is 11.1 Å². The minimum absolute atomic E-state index is 0.839. The van der Waals surface area contributed by atoms with Gasteiger partial charge in [-0.1, -0.05) is 67.6 Å². The number of carboxylic acid groups (broad SMARTS) is 1. The highest BCUT2D eigenvalue weighted by Crippen LogP contribution is 2.36. The molecule has 0 fully saturated rings. The molecule has 2 aromatic heterocycles. The molecule has 0 unspecified atom stereocenters. The molecule has 0 radical (unpaired) electrons. The summed E-state index contributed by atoms with van der Waals surface area (Å²) in [6.45, 7) is 2.17. The van der Waals surface area contributed by atoms with Gasteiger partial charge in [0, 0.05) is 17.7 Å². The lowest BCUT2D eigenvalue weighted by Gasteiger charge is -2.17. The summed E-state index contributed by atoms with van der Waals surface area (Å²) in [4.78, 5) is 15.1. The third-order valence-electron chi connectivity index (χ3n) is 6.14. The van der Waals surface area contributed by atoms with Gasteiger partial charge in [-0.25, -0.2) is 9.48 Å². The van der Waals surface area contributed by atoms with E-state index in [2.05, 4.69) is 71.6 Å². The molecule has 2 heterocycles. The van der Waals surface area contributed by atoms with Crippen molar-refractivity contribution in [2.75, 3.05) is 0 Å². The van der Waals surface area contributed by atoms with Gasteiger partial charge in [-0.2, -0.15) is 5.10 Å². The van der Waals surface area contributed by atoms with Crippen LogP contribution in [0.25, 0.3) is 33.8 Å². The summed E-state index contributed by atoms with van der Waals surface area (Å²) in [7, 11) is 0. The third kappa shape index (κ3) is 4.72. The molecule has 0 atom stereocenters. The molecule has 3 aromatic carbocycles. The van der Waals surface area contributed by atoms with Crippen molar-refractivity contribution in [3.05, 3.63) is 132 Å². The third-order valence-corrected chi connectivity index (χ3v) is 6.14. The first-order chi connectivity index (χ1) is 17.6. The maximum Gasteiger partial charge on any atom is 0.328 e. The molecule has 0 saturated carbocycles. The van der Waals surface area contributed by atoms with Crippen molar-refractivity contribution in [3.8, 4) is 5.69 Å². The number of allylic oxidation sites excluding steroid dienone is 1. The smallest absolute Gasteiger partial charge is 0.328 e. The summed E-state index contributed by atoms with van der Waals surface area (Å²) in [5.41, 5.74) is 8.50. The second-order valence-electron chi connectivity index (χ2n) is 8.41. The number of hydrogen-bond acceptors (Lipinski definition) is 3. The lowest BCUT2D eigenvalue weighted by molar-refractivity contribution is -0.131. The zero-order valence-electron chi connectivity index (χ0n) is 19.9. The van der Waals surface area contributed by atoms with E-state index in [-0.39, 0.29) is 0 Å². The van der Waals surface area contributed by atoms with E-state index in [1.807, 2.05) is 41.2 Å². The summed E-state index contributed by atoms with van der Waals surface area (Å²) in [6.07, 6.45) is 9.05. The molecule has 0 aliphatic carbocycles. The molecular formula is C31H25N3O2. The van der Waals surface area contributed by atoms with E-state index in [1.54, 1.807) is 18.5 Å². The average Bonchev–Trinajstić information content (AvgIpc) is 3.35. The maximum atomic E-state index is 10.9. The van der Waals surface area contributed by atoms with Gasteiger partial charge in [-0.05, 0) is 70.2 Å². The van der Waals surface area contributed by atoms with Crippen LogP contribution in [-0.4, -0.2) is 25.8 Å². The second kappa shape index (κ2) is 10.2. The van der Waals surface area contributed by atoms with Crippen LogP contribution in [0.1, 0.15) is 35.6 Å². The summed E-state index contributed by atoms with van der Waals surface area (Å²) in [5, 5.41) is 14.6. The summed E-state index contributed by atoms with van der Waals surface area (Å²) < 4.78 is 1.90. The molecule has 0 aliphatic heterocycles. The SMILES string of the molecule is CC/C(=C(/c1ccc(/C=C/C(=O)O)cc1)c1ccc2c(cnn2-c2cccnc2)c1)c1ccccc1. The van der Waals surface area contributed by atoms with Crippen molar-refractivity contribution in [1.29, 1.82) is 0 Å². The van der Waals surface area contributed by atoms with Crippen molar-refractivity contribution in [1.82, 2.24) is 14.8 Å². The fourth-order valence-corrected chi connectivity index (χ4v) is 4.48. The molecule has 0 amide bonds. The van der Waals surface area contributed by atoms with Crippen LogP contribution in [0.2, 0.25) is 0 Å². The Hall–Kier alpha value is -4.77. The number of carbonyl (C=O) groups is 1. The van der Waals surface area contributed by atoms with Crippen LogP contribution in [0.15, 0.2) is 110 Å². The Kier molecular flexibility index (Phi) is 6.54. The van der Waals surface area contributed by atoms with Crippen LogP contribution in [-0.2, 0) is 4.79 Å². The Morgan fingerprint density at radius 3 is 2.36 bits per heavy atom. The topological polar surface area (TPSA) is 68.0 Å². The zero-order valence-corrected chi connectivity index (χ0v) is 19.9. The van der Waals surface area contributed by atoms with Crippen LogP contribution in [0.4, 0.5) is 0 Å². The summed E-state index contributed by atoms with van der Waals surface area (Å²) in [6, 6.07) is 28.8. The minimum atomic E-state index is -0.961. The Bertz CT molecular complexity index is 1570. The molecule has 0 spiro atoms. The molecule has 176 valence electrons. The first-order valence-corrected chi connectivity index (χ1v) is 11.8. The number of aliphatic carboxylic acids is 1. The Balaban J connectivity index is 1.66. The van der Waals surface area contributed by atoms with Crippen LogP contribution in [0, 0.1) is 0 Å². The fraction of sp³-hybridized carbons (Fsp3) is 0.0645. The number of pyridine rings is 1. The van der Waals surface area contributed by atoms with E-state index in [9.17, 15) is 4.79 Å². The van der Waals surface area contributed by atoms with Gasteiger partial charge in [0.05, 0.1) is 23.6 Å². The van der Waals surface area contributed by atoms with E-state index >= 15 is 0 Å². The van der Waals surface area contributed by atoms with Gasteiger partial charge < -0.3 is 5.11 Å². The Labute approximate surface area is 209 Å². The van der Waals surface area contributed by atoms with E-state index in [0.717, 1.165) is 51.4 Å². The molecule has 0 saturated heterocycles. The van der Waals surface area contributed by atoms with Crippen molar-refractivity contribution < 1.29 is 9.90 Å². The van der Waals surface area contributed by atoms with Crippen molar-refractivity contribution in [2.24, 2.45) is 0 Å². The summed E-state index contributed by atoms with van der Waals surface area (Å²) in [5.74, 6) is -0.961. The van der Waals surface area contributed by atoms with E-state index < -0.39 is 5.97 Å². The second-order valence-corrected chi connectivity index (χ2v) is 8.41. The molecule has 5 heteroatoms. The van der Waals surface area contributed by atoms with E-state index in [0.29, 0.717) is 0 Å². The van der Waals surface area contributed by atoms with Crippen LogP contribution in [0.3, 0.4) is 0 Å². The summed E-state index contributed by atoms with van der Waals surface area (Å²) >= 11 is 0. The lowest BCUT2D eigenvalue weighted by atomic mass is 9.87. The predicted molar refractivity (Wildman–Crippen MR) is 145 cm³/mol. The molecule has 0 bridgehead atoms. The first-order valence-electron chi connectivity index (χ1n) is 11.8. The van der Waals surface area contributed by atoms with Crippen molar-refractivity contribution in [2.45, 2.75) is 13.3 Å². The van der Waals surface area contributed by atoms with Gasteiger partial charge in [0.2, 0.25) is 0 Å². The molecule has 36 heavy (non-hydrogen) atoms. The number of fused-ring (bicyclic) bond motifs is 1. The van der Waals surface area contributed by atoms with Gasteiger partial charge in [-0.3, -0.25) is 4.98 Å². The van der Waals surface area contributed by atoms with Crippen LogP contribution >= 0.6 is 0 Å². The number of nitrogens with zero attached hydrogens (tertiary/aromatic N) is 3. The van der Waals surface area contributed by atoms with Gasteiger partial charge in [0.25, 0.3) is 0 Å². The molecule has 5 nitrogen and oxygen atoms in total. The van der Waals surface area contributed by atoms with Crippen LogP contribution in [0.5, 0.6) is 0 Å². The van der Waals surface area contributed by atoms with Gasteiger partial charge in [0.1, 0.15) is 0 Å².